The molecule has 0 aliphatic heterocycles. The second kappa shape index (κ2) is 7.47. The lowest BCUT2D eigenvalue weighted by molar-refractivity contribution is -0.181. The van der Waals surface area contributed by atoms with Gasteiger partial charge in [-0.15, -0.1) is 0 Å². The quantitative estimate of drug-likeness (QED) is 0.566. The number of primary amides is 1. The van der Waals surface area contributed by atoms with Crippen LogP contribution in [0.25, 0.3) is 0 Å². The summed E-state index contributed by atoms with van der Waals surface area (Å²) in [4.78, 5) is 21.0. The topological polar surface area (TPSA) is 106 Å². The molecular formula is C9H15F3N2O3S. The summed E-state index contributed by atoms with van der Waals surface area (Å²) in [5.41, 5.74) is 9.87. The molecule has 9 heteroatoms. The van der Waals surface area contributed by atoms with E-state index in [9.17, 15) is 22.8 Å². The fourth-order valence-corrected chi connectivity index (χ4v) is 2.13. The minimum atomic E-state index is -4.64. The van der Waals surface area contributed by atoms with Gasteiger partial charge in [0.1, 0.15) is 12.0 Å². The first-order valence-corrected chi connectivity index (χ1v) is 6.24. The standard InChI is InChI=1S/C9H15F3N2O3S/c10-9(11,12)5(7(14)15)1-3-18-4-2-6(13)8(16)17/h5-6H,1-4,13H2,(H2,14,15)(H,16,17). The fourth-order valence-electron chi connectivity index (χ4n) is 1.10. The number of carbonyl (C=O) groups excluding carboxylic acids is 1. The zero-order valence-electron chi connectivity index (χ0n) is 9.44. The highest BCUT2D eigenvalue weighted by atomic mass is 32.2. The summed E-state index contributed by atoms with van der Waals surface area (Å²) in [6.07, 6.45) is -4.89. The van der Waals surface area contributed by atoms with E-state index in [1.165, 1.54) is 0 Å². The summed E-state index contributed by atoms with van der Waals surface area (Å²) >= 11 is 1.11. The Morgan fingerprint density at radius 2 is 1.72 bits per heavy atom. The van der Waals surface area contributed by atoms with Crippen molar-refractivity contribution in [2.24, 2.45) is 17.4 Å². The number of aliphatic carboxylic acids is 1. The monoisotopic (exact) mass is 288 g/mol. The Labute approximate surface area is 106 Å². The molecule has 0 saturated carbocycles. The summed E-state index contributed by atoms with van der Waals surface area (Å²) in [6.45, 7) is 0. The normalized spacial score (nSPS) is 15.1. The van der Waals surface area contributed by atoms with Gasteiger partial charge in [0, 0.05) is 0 Å². The van der Waals surface area contributed by atoms with Gasteiger partial charge >= 0.3 is 12.1 Å². The average molecular weight is 288 g/mol. The third-order valence-corrected chi connectivity index (χ3v) is 3.23. The zero-order chi connectivity index (χ0) is 14.3. The molecule has 0 heterocycles. The van der Waals surface area contributed by atoms with Gasteiger partial charge in [0.15, 0.2) is 0 Å². The molecule has 106 valence electrons. The van der Waals surface area contributed by atoms with Gasteiger partial charge in [0.25, 0.3) is 0 Å². The van der Waals surface area contributed by atoms with E-state index in [2.05, 4.69) is 5.73 Å². The largest absolute Gasteiger partial charge is 0.480 e. The molecular weight excluding hydrogens is 273 g/mol. The van der Waals surface area contributed by atoms with E-state index in [1.807, 2.05) is 0 Å². The van der Waals surface area contributed by atoms with Crippen LogP contribution in [0.5, 0.6) is 0 Å². The summed E-state index contributed by atoms with van der Waals surface area (Å²) in [5, 5.41) is 8.46. The molecule has 0 saturated heterocycles. The summed E-state index contributed by atoms with van der Waals surface area (Å²) < 4.78 is 36.9. The number of carbonyl (C=O) groups is 2. The van der Waals surface area contributed by atoms with Gasteiger partial charge < -0.3 is 16.6 Å². The number of amides is 1. The first-order chi connectivity index (χ1) is 8.16. The van der Waals surface area contributed by atoms with E-state index >= 15 is 0 Å². The highest BCUT2D eigenvalue weighted by molar-refractivity contribution is 7.99. The van der Waals surface area contributed by atoms with Crippen LogP contribution in [-0.2, 0) is 9.59 Å². The lowest BCUT2D eigenvalue weighted by Gasteiger charge is -2.16. The molecule has 0 aromatic heterocycles. The van der Waals surface area contributed by atoms with Crippen LogP contribution in [0.4, 0.5) is 13.2 Å². The SMILES string of the molecule is NC(=O)C(CCSCCC(N)C(=O)O)C(F)(F)F. The Balaban J connectivity index is 3.89. The van der Waals surface area contributed by atoms with Crippen LogP contribution in [0.3, 0.4) is 0 Å². The van der Waals surface area contributed by atoms with Crippen molar-refractivity contribution in [3.05, 3.63) is 0 Å². The molecule has 0 fully saturated rings. The van der Waals surface area contributed by atoms with Gasteiger partial charge in [-0.25, -0.2) is 0 Å². The first kappa shape index (κ1) is 17.0. The molecule has 5 nitrogen and oxygen atoms in total. The van der Waals surface area contributed by atoms with Gasteiger partial charge in [0.05, 0.1) is 0 Å². The maximum Gasteiger partial charge on any atom is 0.400 e. The second-order valence-electron chi connectivity index (χ2n) is 3.63. The molecule has 0 rings (SSSR count). The maximum absolute atomic E-state index is 12.3. The van der Waals surface area contributed by atoms with Crippen molar-refractivity contribution < 1.29 is 27.9 Å². The summed E-state index contributed by atoms with van der Waals surface area (Å²) in [7, 11) is 0. The Bertz CT molecular complexity index is 299. The van der Waals surface area contributed by atoms with E-state index in [1.54, 1.807) is 0 Å². The smallest absolute Gasteiger partial charge is 0.400 e. The van der Waals surface area contributed by atoms with E-state index in [4.69, 9.17) is 10.8 Å². The molecule has 1 amide bonds. The number of rotatable bonds is 8. The third-order valence-electron chi connectivity index (χ3n) is 2.18. The Morgan fingerprint density at radius 3 is 2.11 bits per heavy atom. The maximum atomic E-state index is 12.3. The zero-order valence-corrected chi connectivity index (χ0v) is 10.3. The van der Waals surface area contributed by atoms with Crippen LogP contribution < -0.4 is 11.5 Å². The molecule has 0 aromatic rings. The second-order valence-corrected chi connectivity index (χ2v) is 4.86. The highest BCUT2D eigenvalue weighted by Crippen LogP contribution is 2.29. The lowest BCUT2D eigenvalue weighted by atomic mass is 10.1. The average Bonchev–Trinajstić information content (AvgIpc) is 2.19. The molecule has 2 atom stereocenters. The molecule has 5 N–H and O–H groups in total. The van der Waals surface area contributed by atoms with Crippen LogP contribution in [0, 0.1) is 5.92 Å². The van der Waals surface area contributed by atoms with E-state index in [-0.39, 0.29) is 12.2 Å². The van der Waals surface area contributed by atoms with Crippen LogP contribution in [0.15, 0.2) is 0 Å². The van der Waals surface area contributed by atoms with E-state index in [0.29, 0.717) is 5.75 Å². The number of halogens is 3. The number of carboxylic acid groups (broad SMARTS) is 1. The van der Waals surface area contributed by atoms with Gasteiger partial charge in [-0.2, -0.15) is 24.9 Å². The van der Waals surface area contributed by atoms with Gasteiger partial charge in [-0.1, -0.05) is 0 Å². The van der Waals surface area contributed by atoms with E-state index < -0.39 is 36.4 Å². The molecule has 0 aliphatic rings. The number of carboxylic acids is 1. The Hall–Kier alpha value is -0.960. The van der Waals surface area contributed by atoms with Gasteiger partial charge in [0.2, 0.25) is 5.91 Å². The van der Waals surface area contributed by atoms with Crippen LogP contribution >= 0.6 is 11.8 Å². The third kappa shape index (κ3) is 6.70. The van der Waals surface area contributed by atoms with Gasteiger partial charge in [-0.3, -0.25) is 9.59 Å². The minimum Gasteiger partial charge on any atom is -0.480 e. The molecule has 0 radical (unpaired) electrons. The van der Waals surface area contributed by atoms with Crippen LogP contribution in [0.1, 0.15) is 12.8 Å². The molecule has 18 heavy (non-hydrogen) atoms. The number of alkyl halides is 3. The molecule has 2 unspecified atom stereocenters. The molecule has 0 spiro atoms. The lowest BCUT2D eigenvalue weighted by Crippen LogP contribution is -2.36. The van der Waals surface area contributed by atoms with Crippen LogP contribution in [-0.4, -0.2) is 40.7 Å². The Morgan fingerprint density at radius 1 is 1.22 bits per heavy atom. The van der Waals surface area contributed by atoms with Crippen LogP contribution in [0.2, 0.25) is 0 Å². The van der Waals surface area contributed by atoms with Crippen molar-refractivity contribution in [2.45, 2.75) is 25.1 Å². The van der Waals surface area contributed by atoms with Crippen molar-refractivity contribution in [1.29, 1.82) is 0 Å². The highest BCUT2D eigenvalue weighted by Gasteiger charge is 2.43. The number of thioether (sulfide) groups is 1. The van der Waals surface area contributed by atoms with Crippen molar-refractivity contribution >= 4 is 23.6 Å². The van der Waals surface area contributed by atoms with Crippen molar-refractivity contribution in [3.63, 3.8) is 0 Å². The number of hydrogen-bond acceptors (Lipinski definition) is 4. The molecule has 0 aromatic carbocycles. The predicted octanol–water partition coefficient (Wildman–Crippen LogP) is 0.576. The predicted molar refractivity (Wildman–Crippen MR) is 60.9 cm³/mol. The van der Waals surface area contributed by atoms with Crippen molar-refractivity contribution in [1.82, 2.24) is 0 Å². The molecule has 0 aliphatic carbocycles. The van der Waals surface area contributed by atoms with Crippen molar-refractivity contribution in [2.75, 3.05) is 11.5 Å². The van der Waals surface area contributed by atoms with Gasteiger partial charge in [-0.05, 0) is 24.3 Å². The molecule has 0 bridgehead atoms. The number of nitrogens with two attached hydrogens (primary N) is 2. The fraction of sp³-hybridized carbons (Fsp3) is 0.778. The minimum absolute atomic E-state index is 0.0689. The number of hydrogen-bond donors (Lipinski definition) is 3. The van der Waals surface area contributed by atoms with Crippen molar-refractivity contribution in [3.8, 4) is 0 Å². The summed E-state index contributed by atoms with van der Waals surface area (Å²) in [5.74, 6) is -4.32. The van der Waals surface area contributed by atoms with E-state index in [0.717, 1.165) is 11.8 Å². The Kier molecular flexibility index (Phi) is 7.07. The first-order valence-electron chi connectivity index (χ1n) is 5.08. The summed E-state index contributed by atoms with van der Waals surface area (Å²) in [6, 6.07) is -1.02.